The molecular formula is C17H18O2. The molecular weight excluding hydrogens is 236 g/mol. The van der Waals surface area contributed by atoms with Crippen LogP contribution >= 0.6 is 0 Å². The highest BCUT2D eigenvalue weighted by molar-refractivity contribution is 5.82. The van der Waals surface area contributed by atoms with E-state index in [0.717, 1.165) is 25.0 Å². The van der Waals surface area contributed by atoms with E-state index in [1.807, 2.05) is 18.2 Å². The molecule has 98 valence electrons. The summed E-state index contributed by atoms with van der Waals surface area (Å²) in [6.45, 7) is 0. The minimum Gasteiger partial charge on any atom is -0.469 e. The van der Waals surface area contributed by atoms with Crippen molar-refractivity contribution in [3.63, 3.8) is 0 Å². The van der Waals surface area contributed by atoms with Gasteiger partial charge < -0.3 is 4.42 Å². The number of hydrogen-bond acceptors (Lipinski definition) is 2. The fraction of sp³-hybridized carbons (Fsp3) is 0.353. The quantitative estimate of drug-likeness (QED) is 0.829. The predicted octanol–water partition coefficient (Wildman–Crippen LogP) is 3.98. The van der Waals surface area contributed by atoms with Crippen LogP contribution in [-0.2, 0) is 11.2 Å². The van der Waals surface area contributed by atoms with Crippen molar-refractivity contribution in [3.8, 4) is 0 Å². The fourth-order valence-electron chi connectivity index (χ4n) is 3.01. The third-order valence-corrected chi connectivity index (χ3v) is 4.06. The van der Waals surface area contributed by atoms with Gasteiger partial charge in [-0.3, -0.25) is 4.79 Å². The summed E-state index contributed by atoms with van der Waals surface area (Å²) in [7, 11) is 0. The minimum absolute atomic E-state index is 0.116. The van der Waals surface area contributed by atoms with Gasteiger partial charge in [0.2, 0.25) is 0 Å². The highest BCUT2D eigenvalue weighted by atomic mass is 16.3. The van der Waals surface area contributed by atoms with Crippen LogP contribution < -0.4 is 0 Å². The molecule has 1 aromatic carbocycles. The predicted molar refractivity (Wildman–Crippen MR) is 73.9 cm³/mol. The molecule has 1 aliphatic rings. The Hall–Kier alpha value is -1.83. The molecule has 2 nitrogen and oxygen atoms in total. The van der Waals surface area contributed by atoms with Gasteiger partial charge in [-0.2, -0.15) is 0 Å². The second-order valence-corrected chi connectivity index (χ2v) is 5.33. The van der Waals surface area contributed by atoms with Crippen molar-refractivity contribution >= 4 is 5.78 Å². The van der Waals surface area contributed by atoms with Crippen molar-refractivity contribution in [1.29, 1.82) is 0 Å². The summed E-state index contributed by atoms with van der Waals surface area (Å²) in [6, 6.07) is 14.4. The van der Waals surface area contributed by atoms with Gasteiger partial charge in [0.05, 0.1) is 6.26 Å². The lowest BCUT2D eigenvalue weighted by Crippen LogP contribution is -2.25. The number of Topliss-reactive ketones (excluding diaryl/α,β-unsaturated/α-hetero) is 1. The Morgan fingerprint density at radius 1 is 1.11 bits per heavy atom. The molecule has 0 saturated heterocycles. The first-order valence-corrected chi connectivity index (χ1v) is 6.93. The second kappa shape index (κ2) is 5.43. The SMILES string of the molecule is O=C1CCC(c2ccccc2)CC1Cc1ccco1. The molecule has 1 fully saturated rings. The first-order valence-electron chi connectivity index (χ1n) is 6.93. The molecule has 0 spiro atoms. The number of hydrogen-bond donors (Lipinski definition) is 0. The largest absolute Gasteiger partial charge is 0.469 e. The lowest BCUT2D eigenvalue weighted by atomic mass is 9.76. The van der Waals surface area contributed by atoms with E-state index in [-0.39, 0.29) is 5.92 Å². The zero-order chi connectivity index (χ0) is 13.1. The van der Waals surface area contributed by atoms with Gasteiger partial charge in [0, 0.05) is 18.8 Å². The molecule has 1 saturated carbocycles. The maximum absolute atomic E-state index is 12.1. The molecule has 2 unspecified atom stereocenters. The van der Waals surface area contributed by atoms with E-state index in [4.69, 9.17) is 4.42 Å². The first kappa shape index (κ1) is 12.2. The van der Waals surface area contributed by atoms with Crippen molar-refractivity contribution in [3.05, 3.63) is 60.1 Å². The summed E-state index contributed by atoms with van der Waals surface area (Å²) < 4.78 is 5.37. The second-order valence-electron chi connectivity index (χ2n) is 5.33. The molecule has 1 aromatic heterocycles. The smallest absolute Gasteiger partial charge is 0.136 e. The van der Waals surface area contributed by atoms with Crippen LogP contribution in [0.15, 0.2) is 53.1 Å². The summed E-state index contributed by atoms with van der Waals surface area (Å²) in [6.07, 6.45) is 5.05. The standard InChI is InChI=1S/C17H18O2/c18-17-9-8-14(13-5-2-1-3-6-13)11-15(17)12-16-7-4-10-19-16/h1-7,10,14-15H,8-9,11-12H2. The molecule has 0 radical (unpaired) electrons. The van der Waals surface area contributed by atoms with Gasteiger partial charge in [-0.25, -0.2) is 0 Å². The zero-order valence-electron chi connectivity index (χ0n) is 10.9. The van der Waals surface area contributed by atoms with E-state index in [1.165, 1.54) is 5.56 Å². The van der Waals surface area contributed by atoms with Gasteiger partial charge in [-0.05, 0) is 36.5 Å². The van der Waals surface area contributed by atoms with Gasteiger partial charge in [0.1, 0.15) is 11.5 Å². The van der Waals surface area contributed by atoms with Crippen LogP contribution in [0.2, 0.25) is 0 Å². The number of rotatable bonds is 3. The molecule has 0 amide bonds. The Morgan fingerprint density at radius 2 is 1.95 bits per heavy atom. The van der Waals surface area contributed by atoms with Crippen molar-refractivity contribution in [1.82, 2.24) is 0 Å². The summed E-state index contributed by atoms with van der Waals surface area (Å²) in [5.41, 5.74) is 1.36. The Balaban J connectivity index is 1.72. The van der Waals surface area contributed by atoms with Crippen LogP contribution in [0, 0.1) is 5.92 Å². The molecule has 3 rings (SSSR count). The first-order chi connectivity index (χ1) is 9.33. The number of furan rings is 1. The third-order valence-electron chi connectivity index (χ3n) is 4.06. The lowest BCUT2D eigenvalue weighted by Gasteiger charge is -2.28. The Morgan fingerprint density at radius 3 is 2.68 bits per heavy atom. The van der Waals surface area contributed by atoms with Crippen molar-refractivity contribution < 1.29 is 9.21 Å². The third kappa shape index (κ3) is 2.78. The van der Waals surface area contributed by atoms with E-state index in [1.54, 1.807) is 6.26 Å². The van der Waals surface area contributed by atoms with Crippen molar-refractivity contribution in [2.24, 2.45) is 5.92 Å². The summed E-state index contributed by atoms with van der Waals surface area (Å²) in [4.78, 5) is 12.1. The van der Waals surface area contributed by atoms with Gasteiger partial charge >= 0.3 is 0 Å². The minimum atomic E-state index is 0.116. The van der Waals surface area contributed by atoms with Crippen LogP contribution in [0.3, 0.4) is 0 Å². The highest BCUT2D eigenvalue weighted by Gasteiger charge is 2.30. The summed E-state index contributed by atoms with van der Waals surface area (Å²) in [5, 5.41) is 0. The number of ketones is 1. The maximum atomic E-state index is 12.1. The normalized spacial score (nSPS) is 23.5. The van der Waals surface area contributed by atoms with Crippen LogP contribution in [0.25, 0.3) is 0 Å². The Bertz CT molecular complexity index is 528. The summed E-state index contributed by atoms with van der Waals surface area (Å²) >= 11 is 0. The number of carbonyl (C=O) groups excluding carboxylic acids is 1. The van der Waals surface area contributed by atoms with Crippen LogP contribution in [0.4, 0.5) is 0 Å². The van der Waals surface area contributed by atoms with E-state index < -0.39 is 0 Å². The Kier molecular flexibility index (Phi) is 3.49. The van der Waals surface area contributed by atoms with Crippen LogP contribution in [-0.4, -0.2) is 5.78 Å². The van der Waals surface area contributed by atoms with Crippen LogP contribution in [0.1, 0.15) is 36.5 Å². The molecule has 19 heavy (non-hydrogen) atoms. The lowest BCUT2D eigenvalue weighted by molar-refractivity contribution is -0.125. The molecule has 0 aliphatic heterocycles. The van der Waals surface area contributed by atoms with E-state index in [0.29, 0.717) is 18.1 Å². The molecule has 0 N–H and O–H groups in total. The Labute approximate surface area is 113 Å². The van der Waals surface area contributed by atoms with E-state index in [2.05, 4.69) is 24.3 Å². The molecule has 2 atom stereocenters. The fourth-order valence-corrected chi connectivity index (χ4v) is 3.01. The summed E-state index contributed by atoms with van der Waals surface area (Å²) in [5.74, 6) is 1.94. The average Bonchev–Trinajstić information content (AvgIpc) is 2.95. The van der Waals surface area contributed by atoms with Gasteiger partial charge in [0.15, 0.2) is 0 Å². The van der Waals surface area contributed by atoms with E-state index in [9.17, 15) is 4.79 Å². The molecule has 2 aromatic rings. The van der Waals surface area contributed by atoms with Crippen molar-refractivity contribution in [2.45, 2.75) is 31.6 Å². The topological polar surface area (TPSA) is 30.2 Å². The molecule has 1 heterocycles. The average molecular weight is 254 g/mol. The number of carbonyl (C=O) groups is 1. The molecule has 0 bridgehead atoms. The van der Waals surface area contributed by atoms with Crippen LogP contribution in [0.5, 0.6) is 0 Å². The van der Waals surface area contributed by atoms with Gasteiger partial charge in [0.25, 0.3) is 0 Å². The maximum Gasteiger partial charge on any atom is 0.136 e. The molecule has 1 aliphatic carbocycles. The molecule has 2 heteroatoms. The highest BCUT2D eigenvalue weighted by Crippen LogP contribution is 2.35. The zero-order valence-corrected chi connectivity index (χ0v) is 10.9. The van der Waals surface area contributed by atoms with Gasteiger partial charge in [-0.15, -0.1) is 0 Å². The van der Waals surface area contributed by atoms with Gasteiger partial charge in [-0.1, -0.05) is 30.3 Å². The van der Waals surface area contributed by atoms with E-state index >= 15 is 0 Å². The monoisotopic (exact) mass is 254 g/mol. The number of benzene rings is 1. The van der Waals surface area contributed by atoms with Crippen molar-refractivity contribution in [2.75, 3.05) is 0 Å².